The summed E-state index contributed by atoms with van der Waals surface area (Å²) in [7, 11) is 0. The van der Waals surface area contributed by atoms with Gasteiger partial charge in [0, 0.05) is 22.3 Å². The number of para-hydroxylation sites is 2. The van der Waals surface area contributed by atoms with E-state index in [-0.39, 0.29) is 18.2 Å². The third-order valence-corrected chi connectivity index (χ3v) is 5.85. The van der Waals surface area contributed by atoms with E-state index in [2.05, 4.69) is 36.4 Å². The molecule has 188 valence electrons. The second-order valence-electron chi connectivity index (χ2n) is 7.97. The number of hydrogen-bond donors (Lipinski definition) is 1. The quantitative estimate of drug-likeness (QED) is 0.0900. The van der Waals surface area contributed by atoms with Gasteiger partial charge in [-0.1, -0.05) is 34.1 Å². The number of benzene rings is 2. The molecule has 0 aliphatic carbocycles. The van der Waals surface area contributed by atoms with Crippen molar-refractivity contribution in [3.63, 3.8) is 0 Å². The molecule has 3 heterocycles. The van der Waals surface area contributed by atoms with Gasteiger partial charge in [-0.25, -0.2) is 15.2 Å². The zero-order chi connectivity index (χ0) is 26.3. The predicted octanol–water partition coefficient (Wildman–Crippen LogP) is 5.22. The van der Waals surface area contributed by atoms with Gasteiger partial charge >= 0.3 is 5.97 Å². The molecule has 0 aliphatic rings. The van der Waals surface area contributed by atoms with Crippen LogP contribution in [0.2, 0.25) is 0 Å². The third-order valence-electron chi connectivity index (χ3n) is 5.35. The van der Waals surface area contributed by atoms with Crippen molar-refractivity contribution in [1.29, 1.82) is 0 Å². The number of furan rings is 1. The number of pyridine rings is 1. The van der Waals surface area contributed by atoms with Crippen LogP contribution >= 0.6 is 15.9 Å². The maximum Gasteiger partial charge on any atom is 0.336 e. The number of carbonyl (C=O) groups excluding carboxylic acids is 2. The minimum absolute atomic E-state index is 0.0261. The summed E-state index contributed by atoms with van der Waals surface area (Å²) in [5.74, 6) is 0.431. The zero-order valence-electron chi connectivity index (χ0n) is 19.8. The monoisotopic (exact) mass is 569 g/mol. The van der Waals surface area contributed by atoms with E-state index in [1.807, 2.05) is 42.5 Å². The summed E-state index contributed by atoms with van der Waals surface area (Å²) in [6, 6.07) is 21.6. The van der Waals surface area contributed by atoms with Gasteiger partial charge in [-0.15, -0.1) is 0 Å². The molecule has 5 rings (SSSR count). The molecule has 5 aromatic rings. The predicted molar refractivity (Wildman–Crippen MR) is 146 cm³/mol. The van der Waals surface area contributed by atoms with Gasteiger partial charge in [-0.3, -0.25) is 9.78 Å². The Morgan fingerprint density at radius 3 is 2.76 bits per heavy atom. The molecule has 0 spiro atoms. The summed E-state index contributed by atoms with van der Waals surface area (Å²) in [4.78, 5) is 34.2. The maximum absolute atomic E-state index is 12.8. The van der Waals surface area contributed by atoms with Gasteiger partial charge in [-0.2, -0.15) is 5.10 Å². The van der Waals surface area contributed by atoms with Crippen LogP contribution in [0.3, 0.4) is 0 Å². The van der Waals surface area contributed by atoms with Crippen LogP contribution < -0.4 is 10.2 Å². The van der Waals surface area contributed by atoms with Crippen LogP contribution in [0.25, 0.3) is 28.6 Å². The first-order valence-electron chi connectivity index (χ1n) is 11.5. The van der Waals surface area contributed by atoms with Crippen LogP contribution in [0.5, 0.6) is 5.75 Å². The Labute approximate surface area is 225 Å². The van der Waals surface area contributed by atoms with Crippen molar-refractivity contribution in [3.8, 4) is 17.3 Å². The van der Waals surface area contributed by atoms with E-state index in [0.29, 0.717) is 22.8 Å². The molecule has 10 heteroatoms. The lowest BCUT2D eigenvalue weighted by molar-refractivity contribution is -0.129. The molecule has 1 amide bonds. The number of rotatable bonds is 8. The lowest BCUT2D eigenvalue weighted by Gasteiger charge is -2.08. The number of aromatic nitrogens is 3. The lowest BCUT2D eigenvalue weighted by Crippen LogP contribution is -2.23. The number of carbonyl (C=O) groups is 2. The summed E-state index contributed by atoms with van der Waals surface area (Å²) in [6.45, 7) is -0.0261. The Morgan fingerprint density at radius 1 is 1.08 bits per heavy atom. The second kappa shape index (κ2) is 11.5. The molecule has 0 radical (unpaired) electrons. The van der Waals surface area contributed by atoms with Crippen LogP contribution in [0.15, 0.2) is 105 Å². The molecule has 0 saturated heterocycles. The number of ether oxygens (including phenoxy) is 1. The van der Waals surface area contributed by atoms with Crippen LogP contribution in [-0.2, 0) is 16.1 Å². The molecule has 0 fully saturated rings. The van der Waals surface area contributed by atoms with Crippen molar-refractivity contribution in [3.05, 3.63) is 107 Å². The number of hydrogen-bond acceptors (Lipinski definition) is 7. The highest BCUT2D eigenvalue weighted by atomic mass is 79.9. The third kappa shape index (κ3) is 5.93. The molecule has 9 nitrogen and oxygen atoms in total. The molecule has 0 bridgehead atoms. The molecule has 38 heavy (non-hydrogen) atoms. The van der Waals surface area contributed by atoms with Crippen molar-refractivity contribution in [2.75, 3.05) is 0 Å². The number of nitrogens with zero attached hydrogens (tertiary/aromatic N) is 4. The van der Waals surface area contributed by atoms with Gasteiger partial charge in [0.05, 0.1) is 23.5 Å². The van der Waals surface area contributed by atoms with Crippen molar-refractivity contribution in [1.82, 2.24) is 20.0 Å². The fraction of sp³-hybridized carbons (Fsp3) is 0.0357. The first-order chi connectivity index (χ1) is 18.6. The van der Waals surface area contributed by atoms with E-state index in [9.17, 15) is 9.59 Å². The largest absolute Gasteiger partial charge is 0.465 e. The molecule has 0 aliphatic heterocycles. The topological polar surface area (TPSA) is 112 Å². The van der Waals surface area contributed by atoms with Crippen molar-refractivity contribution >= 4 is 51.1 Å². The first kappa shape index (κ1) is 24.8. The number of halogens is 1. The second-order valence-corrected chi connectivity index (χ2v) is 8.89. The number of esters is 1. The van der Waals surface area contributed by atoms with Gasteiger partial charge in [0.1, 0.15) is 23.7 Å². The smallest absolute Gasteiger partial charge is 0.336 e. The fourth-order valence-electron chi connectivity index (χ4n) is 3.67. The highest BCUT2D eigenvalue weighted by Gasteiger charge is 2.16. The van der Waals surface area contributed by atoms with E-state index in [1.165, 1.54) is 24.6 Å². The van der Waals surface area contributed by atoms with Crippen molar-refractivity contribution < 1.29 is 18.7 Å². The highest BCUT2D eigenvalue weighted by molar-refractivity contribution is 9.10. The van der Waals surface area contributed by atoms with Gasteiger partial charge in [0.2, 0.25) is 0 Å². The van der Waals surface area contributed by atoms with Crippen molar-refractivity contribution in [2.24, 2.45) is 5.10 Å². The van der Waals surface area contributed by atoms with Crippen molar-refractivity contribution in [2.45, 2.75) is 6.54 Å². The van der Waals surface area contributed by atoms with Gasteiger partial charge < -0.3 is 13.7 Å². The van der Waals surface area contributed by atoms with Crippen LogP contribution in [0, 0.1) is 0 Å². The average Bonchev–Trinajstić information content (AvgIpc) is 3.58. The fourth-order valence-corrected chi connectivity index (χ4v) is 4.05. The minimum atomic E-state index is -0.587. The summed E-state index contributed by atoms with van der Waals surface area (Å²) in [5.41, 5.74) is 5.24. The van der Waals surface area contributed by atoms with Crippen LogP contribution in [0.1, 0.15) is 11.3 Å². The zero-order valence-corrected chi connectivity index (χ0v) is 21.4. The molecule has 0 saturated carbocycles. The summed E-state index contributed by atoms with van der Waals surface area (Å²) in [6.07, 6.45) is 7.37. The SMILES string of the molecule is O=C(Cn1c(-c2ccccn2)nc2ccccc21)NN=Cc1cc(Br)ccc1OC(=O)C=Cc1ccco1. The summed E-state index contributed by atoms with van der Waals surface area (Å²) in [5, 5.41) is 4.08. The standard InChI is InChI=1S/C28H20BrN5O4/c29-20-10-12-25(38-27(36)13-11-21-6-5-15-37-21)19(16-20)17-31-33-26(35)18-34-24-9-2-1-7-22(24)32-28(34)23-8-3-4-14-30-23/h1-17H,18H2,(H,33,35). The maximum atomic E-state index is 12.8. The normalized spacial score (nSPS) is 11.4. The lowest BCUT2D eigenvalue weighted by atomic mass is 10.2. The Morgan fingerprint density at radius 2 is 1.95 bits per heavy atom. The molecule has 0 unspecified atom stereocenters. The molecular formula is C28H20BrN5O4. The Kier molecular flexibility index (Phi) is 7.51. The minimum Gasteiger partial charge on any atom is -0.465 e. The number of fused-ring (bicyclic) bond motifs is 1. The van der Waals surface area contributed by atoms with Gasteiger partial charge in [0.25, 0.3) is 5.91 Å². The van der Waals surface area contributed by atoms with Gasteiger partial charge in [-0.05, 0) is 60.7 Å². The molecule has 3 aromatic heterocycles. The average molecular weight is 570 g/mol. The van der Waals surface area contributed by atoms with E-state index < -0.39 is 5.97 Å². The first-order valence-corrected chi connectivity index (χ1v) is 12.3. The number of hydrazone groups is 1. The number of amides is 1. The van der Waals surface area contributed by atoms with Crippen LogP contribution in [-0.4, -0.2) is 32.6 Å². The molecular weight excluding hydrogens is 550 g/mol. The summed E-state index contributed by atoms with van der Waals surface area (Å²) < 4.78 is 13.2. The highest BCUT2D eigenvalue weighted by Crippen LogP contribution is 2.24. The number of nitrogens with one attached hydrogen (secondary N) is 1. The molecule has 1 N–H and O–H groups in total. The number of imidazole rings is 1. The molecule has 0 atom stereocenters. The van der Waals surface area contributed by atoms with Gasteiger partial charge in [0.15, 0.2) is 5.82 Å². The Hall–Kier alpha value is -4.83. The molecule has 2 aromatic carbocycles. The van der Waals surface area contributed by atoms with E-state index in [1.54, 1.807) is 41.1 Å². The Bertz CT molecular complexity index is 1640. The van der Waals surface area contributed by atoms with E-state index in [4.69, 9.17) is 9.15 Å². The van der Waals surface area contributed by atoms with Crippen LogP contribution in [0.4, 0.5) is 0 Å². The Balaban J connectivity index is 1.30. The summed E-state index contributed by atoms with van der Waals surface area (Å²) >= 11 is 3.40. The van der Waals surface area contributed by atoms with E-state index in [0.717, 1.165) is 15.5 Å². The van der Waals surface area contributed by atoms with E-state index >= 15 is 0 Å².